The molecular weight excluding hydrogens is 930 g/mol. The van der Waals surface area contributed by atoms with Gasteiger partial charge in [0.2, 0.25) is 21.9 Å². The summed E-state index contributed by atoms with van der Waals surface area (Å²) in [5.74, 6) is -3.77. The van der Waals surface area contributed by atoms with Crippen molar-refractivity contribution < 1.29 is 45.4 Å². The Balaban J connectivity index is 0.774. The SMILES string of the molecule is Cc1cc(S(=O)(=O)NC2CC(N3CCC(N(C)C4CCN(c5cccc6c5n(C)c(=O)n6C5CCC(=O)NC5O)CC4)C(F)(F)C3)C2)ccc1Nc1ncc(C(F)(F)F)c(N2CCC[C@](C)(O)C2)n1. The Labute approximate surface area is 396 Å². The molecule has 0 bridgehead atoms. The van der Waals surface area contributed by atoms with Gasteiger partial charge in [0, 0.05) is 76.2 Å². The summed E-state index contributed by atoms with van der Waals surface area (Å²) in [6.45, 7) is 4.61. The van der Waals surface area contributed by atoms with Crippen LogP contribution in [-0.4, -0.2) is 142 Å². The molecule has 4 saturated heterocycles. The summed E-state index contributed by atoms with van der Waals surface area (Å²) in [7, 11) is -0.562. The van der Waals surface area contributed by atoms with Gasteiger partial charge in [0.05, 0.1) is 45.8 Å². The zero-order valence-corrected chi connectivity index (χ0v) is 39.8. The van der Waals surface area contributed by atoms with Crippen LogP contribution in [0.15, 0.2) is 52.3 Å². The van der Waals surface area contributed by atoms with E-state index in [-0.39, 0.29) is 66.3 Å². The summed E-state index contributed by atoms with van der Waals surface area (Å²) in [4.78, 5) is 40.6. The van der Waals surface area contributed by atoms with Crippen molar-refractivity contribution in [2.45, 2.75) is 131 Å². The van der Waals surface area contributed by atoms with Gasteiger partial charge in [0.1, 0.15) is 17.6 Å². The standard InChI is InChI=1S/C46H60F5N11O6S/c1-27-21-31(9-10-33(27)53-42-52-24-32(46(49,50)51)40(55-42)61-17-6-16-44(2,66)25-61)69(67,68)56-28-22-30(23-28)60-20-15-37(45(47,48)26-60)57(3)29-13-18-59(19-14-29)34-7-5-8-35-39(34)58(4)43(65)62(35)36-11-12-38(63)54-41(36)64/h5,7-10,21,24,28-30,36-37,41,56,64,66H,6,11-20,22-23,25-26H2,1-4H3,(H,54,63)(H,52,53,55)/t28?,30?,36?,37?,41?,44-/m0/s1. The van der Waals surface area contributed by atoms with Crippen molar-refractivity contribution >= 4 is 50.1 Å². The first-order valence-electron chi connectivity index (χ1n) is 23.6. The Morgan fingerprint density at radius 3 is 2.39 bits per heavy atom. The minimum absolute atomic E-state index is 0.0330. The number of likely N-dealkylation sites (tertiary alicyclic amines) is 1. The van der Waals surface area contributed by atoms with E-state index in [1.54, 1.807) is 42.0 Å². The molecule has 4 aromatic rings. The number of sulfonamides is 1. The van der Waals surface area contributed by atoms with Crippen LogP contribution in [0, 0.1) is 6.92 Å². The Morgan fingerprint density at radius 1 is 0.986 bits per heavy atom. The number of β-amino-alcohol motifs (C(OH)–C–C–N with tert-alkyl or cyclic N) is 1. The number of nitrogens with zero attached hydrogens (tertiary/aromatic N) is 8. The molecule has 0 radical (unpaired) electrons. The van der Waals surface area contributed by atoms with E-state index >= 15 is 8.78 Å². The molecule has 17 nitrogen and oxygen atoms in total. The molecule has 1 aliphatic carbocycles. The Bertz CT molecular complexity index is 2760. The normalized spacial score (nSPS) is 27.4. The average molecular weight is 990 g/mol. The van der Waals surface area contributed by atoms with Crippen LogP contribution in [0.3, 0.4) is 0 Å². The maximum absolute atomic E-state index is 16.1. The highest BCUT2D eigenvalue weighted by Crippen LogP contribution is 2.41. The highest BCUT2D eigenvalue weighted by atomic mass is 32.2. The maximum atomic E-state index is 16.1. The number of carbonyl (C=O) groups excluding carboxylic acids is 1. The Hall–Kier alpha value is -4.94. The largest absolute Gasteiger partial charge is 0.421 e. The van der Waals surface area contributed by atoms with Crippen LogP contribution in [0.25, 0.3) is 11.0 Å². The van der Waals surface area contributed by atoms with Gasteiger partial charge in [-0.3, -0.25) is 23.7 Å². The summed E-state index contributed by atoms with van der Waals surface area (Å²) in [6, 6.07) is 7.55. The summed E-state index contributed by atoms with van der Waals surface area (Å²) in [6.07, 6.45) is -1.55. The molecule has 0 spiro atoms. The van der Waals surface area contributed by atoms with Gasteiger partial charge in [-0.25, -0.2) is 31.7 Å². The van der Waals surface area contributed by atoms with Crippen LogP contribution < -0.4 is 30.8 Å². The van der Waals surface area contributed by atoms with Gasteiger partial charge in [-0.2, -0.15) is 18.2 Å². The number of halogens is 5. The number of benzene rings is 2. The number of hydrogen-bond donors (Lipinski definition) is 5. The number of amides is 1. The second-order valence-electron chi connectivity index (χ2n) is 19.9. The lowest BCUT2D eigenvalue weighted by molar-refractivity contribution is -0.144. The van der Waals surface area contributed by atoms with E-state index in [0.29, 0.717) is 93.1 Å². The number of piperidine rings is 4. The van der Waals surface area contributed by atoms with Crippen molar-refractivity contribution in [3.05, 3.63) is 64.2 Å². The number of alkyl halides is 5. The van der Waals surface area contributed by atoms with E-state index < -0.39 is 64.2 Å². The molecule has 1 amide bonds. The van der Waals surface area contributed by atoms with Gasteiger partial charge < -0.3 is 30.6 Å². The molecule has 2 aromatic carbocycles. The number of hydrogen-bond acceptors (Lipinski definition) is 13. The first-order chi connectivity index (χ1) is 32.5. The maximum Gasteiger partial charge on any atom is 0.421 e. The van der Waals surface area contributed by atoms with Gasteiger partial charge in [-0.15, -0.1) is 0 Å². The molecule has 69 heavy (non-hydrogen) atoms. The van der Waals surface area contributed by atoms with Crippen molar-refractivity contribution in [2.75, 3.05) is 61.4 Å². The number of carbonyl (C=O) groups is 1. The molecule has 5 fully saturated rings. The van der Waals surface area contributed by atoms with Gasteiger partial charge in [0.15, 0.2) is 0 Å². The van der Waals surface area contributed by atoms with Crippen LogP contribution >= 0.6 is 0 Å². The lowest BCUT2D eigenvalue weighted by atomic mass is 9.84. The number of rotatable bonds is 11. The number of para-hydroxylation sites is 1. The third-order valence-electron chi connectivity index (χ3n) is 15.0. The van der Waals surface area contributed by atoms with Gasteiger partial charge in [0.25, 0.3) is 5.92 Å². The Morgan fingerprint density at radius 2 is 1.72 bits per heavy atom. The molecule has 4 atom stereocenters. The van der Waals surface area contributed by atoms with Crippen molar-refractivity contribution in [3.8, 4) is 0 Å². The van der Waals surface area contributed by atoms with Gasteiger partial charge in [-0.05, 0) is 108 Å². The van der Waals surface area contributed by atoms with Crippen LogP contribution in [-0.2, 0) is 28.0 Å². The lowest BCUT2D eigenvalue weighted by Crippen LogP contribution is -2.64. The third kappa shape index (κ3) is 9.78. The predicted molar refractivity (Wildman–Crippen MR) is 248 cm³/mol. The van der Waals surface area contributed by atoms with Crippen LogP contribution in [0.2, 0.25) is 0 Å². The van der Waals surface area contributed by atoms with Crippen LogP contribution in [0.1, 0.15) is 81.9 Å². The lowest BCUT2D eigenvalue weighted by Gasteiger charge is -2.51. The van der Waals surface area contributed by atoms with E-state index in [1.165, 1.54) is 23.1 Å². The number of aliphatic hydroxyl groups excluding tert-OH is 1. The minimum atomic E-state index is -4.73. The second kappa shape index (κ2) is 18.3. The average Bonchev–Trinajstić information content (AvgIpc) is 3.52. The fourth-order valence-electron chi connectivity index (χ4n) is 11.2. The molecule has 2 aromatic heterocycles. The van der Waals surface area contributed by atoms with E-state index in [2.05, 4.69) is 30.2 Å². The number of anilines is 4. The molecule has 5 N–H and O–H groups in total. The van der Waals surface area contributed by atoms with Crippen molar-refractivity contribution in [3.63, 3.8) is 0 Å². The summed E-state index contributed by atoms with van der Waals surface area (Å²) < 4.78 is 107. The van der Waals surface area contributed by atoms with Crippen molar-refractivity contribution in [1.29, 1.82) is 0 Å². The van der Waals surface area contributed by atoms with Crippen LogP contribution in [0.4, 0.5) is 45.1 Å². The third-order valence-corrected chi connectivity index (χ3v) is 16.5. The monoisotopic (exact) mass is 989 g/mol. The predicted octanol–water partition coefficient (Wildman–Crippen LogP) is 4.44. The smallest absolute Gasteiger partial charge is 0.388 e. The molecule has 3 unspecified atom stereocenters. The van der Waals surface area contributed by atoms with E-state index in [4.69, 9.17) is 0 Å². The number of nitrogens with one attached hydrogen (secondary N) is 3. The molecule has 5 aliphatic rings. The first-order valence-corrected chi connectivity index (χ1v) is 25.1. The van der Waals surface area contributed by atoms with E-state index in [9.17, 15) is 41.4 Å². The van der Waals surface area contributed by atoms with E-state index in [1.807, 2.05) is 23.1 Å². The highest BCUT2D eigenvalue weighted by Gasteiger charge is 2.51. The zero-order chi connectivity index (χ0) is 49.4. The molecular formula is C46H60F5N11O6S. The minimum Gasteiger partial charge on any atom is -0.388 e. The molecule has 9 rings (SSSR count). The summed E-state index contributed by atoms with van der Waals surface area (Å²) in [5.41, 5.74) is 0.516. The van der Waals surface area contributed by atoms with Crippen molar-refractivity contribution in [2.24, 2.45) is 7.05 Å². The molecule has 1 saturated carbocycles. The fraction of sp³-hybridized carbons (Fsp3) is 0.609. The number of aryl methyl sites for hydroxylation is 2. The zero-order valence-electron chi connectivity index (χ0n) is 39.0. The number of imidazole rings is 1. The summed E-state index contributed by atoms with van der Waals surface area (Å²) >= 11 is 0. The van der Waals surface area contributed by atoms with Gasteiger partial charge in [-0.1, -0.05) is 6.07 Å². The second-order valence-corrected chi connectivity index (χ2v) is 21.6. The number of aliphatic hydroxyl groups is 2. The molecule has 23 heteroatoms. The summed E-state index contributed by atoms with van der Waals surface area (Å²) in [5, 5.41) is 26.6. The molecule has 376 valence electrons. The molecule has 6 heterocycles. The number of aromatic nitrogens is 4. The quantitative estimate of drug-likeness (QED) is 0.133. The highest BCUT2D eigenvalue weighted by molar-refractivity contribution is 7.89. The first kappa shape index (κ1) is 49.1. The fourth-order valence-corrected chi connectivity index (χ4v) is 12.5. The van der Waals surface area contributed by atoms with Crippen molar-refractivity contribution in [1.82, 2.24) is 38.9 Å². The molecule has 4 aliphatic heterocycles. The van der Waals surface area contributed by atoms with Crippen LogP contribution in [0.5, 0.6) is 0 Å². The van der Waals surface area contributed by atoms with Gasteiger partial charge >= 0.3 is 11.9 Å². The Kier molecular flexibility index (Phi) is 13.0. The topological polar surface area (TPSA) is 193 Å². The number of fused-ring (bicyclic) bond motifs is 1. The van der Waals surface area contributed by atoms with E-state index in [0.717, 1.165) is 5.69 Å².